The fourth-order valence-electron chi connectivity index (χ4n) is 2.98. The van der Waals surface area contributed by atoms with E-state index in [9.17, 15) is 18.0 Å². The first kappa shape index (κ1) is 17.2. The fraction of sp³-hybridized carbons (Fsp3) is 0.375. The lowest BCUT2D eigenvalue weighted by atomic mass is 9.92. The van der Waals surface area contributed by atoms with Gasteiger partial charge in [-0.25, -0.2) is 0 Å². The van der Waals surface area contributed by atoms with E-state index in [-0.39, 0.29) is 11.6 Å². The molecule has 3 rings (SSSR count). The highest BCUT2D eigenvalue weighted by molar-refractivity contribution is 14.1. The zero-order chi connectivity index (χ0) is 17.5. The normalized spacial score (nSPS) is 17.5. The number of amides is 1. The van der Waals surface area contributed by atoms with Gasteiger partial charge >= 0.3 is 6.18 Å². The molecule has 1 N–H and O–H groups in total. The number of carbonyl (C=O) groups excluding carboxylic acids is 1. The maximum Gasteiger partial charge on any atom is 0.416 e. The summed E-state index contributed by atoms with van der Waals surface area (Å²) in [6.45, 7) is 0. The second kappa shape index (κ2) is 6.38. The van der Waals surface area contributed by atoms with Gasteiger partial charge in [0, 0.05) is 27.4 Å². The number of nitrogens with zero attached hydrogens (tertiary/aromatic N) is 2. The highest BCUT2D eigenvalue weighted by atomic mass is 127. The average molecular weight is 449 g/mol. The first-order valence-corrected chi connectivity index (χ1v) is 8.53. The van der Waals surface area contributed by atoms with Crippen LogP contribution in [0.4, 0.5) is 13.2 Å². The van der Waals surface area contributed by atoms with E-state index in [1.807, 2.05) is 7.05 Å². The number of carbonyl (C=O) groups is 1. The number of fused-ring (bicyclic) bond motifs is 1. The van der Waals surface area contributed by atoms with Crippen LogP contribution in [0.15, 0.2) is 24.4 Å². The van der Waals surface area contributed by atoms with E-state index >= 15 is 0 Å². The molecule has 0 fully saturated rings. The molecule has 0 radical (unpaired) electrons. The molecule has 0 bridgehead atoms. The van der Waals surface area contributed by atoms with Crippen LogP contribution in [-0.2, 0) is 19.6 Å². The van der Waals surface area contributed by atoms with E-state index in [2.05, 4.69) is 10.4 Å². The Bertz CT molecular complexity index is 785. The zero-order valence-electron chi connectivity index (χ0n) is 12.8. The van der Waals surface area contributed by atoms with Crippen LogP contribution in [0.3, 0.4) is 0 Å². The maximum atomic E-state index is 12.9. The van der Waals surface area contributed by atoms with Crippen molar-refractivity contribution >= 4 is 28.5 Å². The molecule has 2 aromatic rings. The molecule has 0 aliphatic heterocycles. The molecule has 1 aromatic carbocycles. The average Bonchev–Trinajstić information content (AvgIpc) is 2.88. The minimum atomic E-state index is -4.47. The number of halogens is 4. The monoisotopic (exact) mass is 449 g/mol. The quantitative estimate of drug-likeness (QED) is 0.709. The Morgan fingerprint density at radius 2 is 2.12 bits per heavy atom. The summed E-state index contributed by atoms with van der Waals surface area (Å²) in [6.07, 6.45) is -0.218. The molecular formula is C16H15F3IN3O. The van der Waals surface area contributed by atoms with Gasteiger partial charge in [-0.1, -0.05) is 0 Å². The van der Waals surface area contributed by atoms with E-state index in [0.717, 1.165) is 42.7 Å². The summed E-state index contributed by atoms with van der Waals surface area (Å²) in [4.78, 5) is 12.5. The second-order valence-corrected chi connectivity index (χ2v) is 7.06. The van der Waals surface area contributed by atoms with Crippen molar-refractivity contribution in [2.45, 2.75) is 31.5 Å². The van der Waals surface area contributed by atoms with Crippen molar-refractivity contribution in [1.82, 2.24) is 15.1 Å². The van der Waals surface area contributed by atoms with Crippen LogP contribution in [0, 0.1) is 3.57 Å². The molecule has 1 aromatic heterocycles. The van der Waals surface area contributed by atoms with Crippen LogP contribution in [0.1, 0.15) is 46.1 Å². The molecule has 8 heteroatoms. The predicted molar refractivity (Wildman–Crippen MR) is 90.5 cm³/mol. The first-order valence-electron chi connectivity index (χ1n) is 7.45. The van der Waals surface area contributed by atoms with Crippen LogP contribution in [-0.4, -0.2) is 15.7 Å². The number of aryl methyl sites for hydroxylation is 1. The number of nitrogens with one attached hydrogen (secondary N) is 1. The van der Waals surface area contributed by atoms with E-state index in [1.54, 1.807) is 33.5 Å². The highest BCUT2D eigenvalue weighted by Gasteiger charge is 2.32. The molecule has 128 valence electrons. The molecule has 1 unspecified atom stereocenters. The Hall–Kier alpha value is -1.58. The van der Waals surface area contributed by atoms with E-state index < -0.39 is 17.6 Å². The Labute approximate surface area is 150 Å². The van der Waals surface area contributed by atoms with Crippen molar-refractivity contribution in [2.75, 3.05) is 0 Å². The Balaban J connectivity index is 1.85. The third kappa shape index (κ3) is 3.42. The van der Waals surface area contributed by atoms with Crippen molar-refractivity contribution in [3.63, 3.8) is 0 Å². The largest absolute Gasteiger partial charge is 0.416 e. The van der Waals surface area contributed by atoms with Gasteiger partial charge in [-0.3, -0.25) is 9.48 Å². The number of hydrogen-bond acceptors (Lipinski definition) is 2. The summed E-state index contributed by atoms with van der Waals surface area (Å²) in [7, 11) is 1.85. The molecule has 0 saturated carbocycles. The predicted octanol–water partition coefficient (Wildman–Crippen LogP) is 3.85. The minimum absolute atomic E-state index is 0.0187. The maximum absolute atomic E-state index is 12.9. The van der Waals surface area contributed by atoms with Crippen molar-refractivity contribution < 1.29 is 18.0 Å². The molecule has 0 saturated heterocycles. The first-order chi connectivity index (χ1) is 11.3. The summed E-state index contributed by atoms with van der Waals surface area (Å²) in [5.74, 6) is -0.499. The van der Waals surface area contributed by atoms with Gasteiger partial charge in [0.1, 0.15) is 0 Å². The second-order valence-electron chi connectivity index (χ2n) is 5.81. The topological polar surface area (TPSA) is 46.9 Å². The van der Waals surface area contributed by atoms with E-state index in [4.69, 9.17) is 0 Å². The lowest BCUT2D eigenvalue weighted by molar-refractivity contribution is -0.137. The van der Waals surface area contributed by atoms with Gasteiger partial charge in [0.25, 0.3) is 5.91 Å². The number of aromatic nitrogens is 2. The van der Waals surface area contributed by atoms with Gasteiger partial charge in [0.2, 0.25) is 0 Å². The summed E-state index contributed by atoms with van der Waals surface area (Å²) >= 11 is 1.79. The van der Waals surface area contributed by atoms with Gasteiger partial charge in [-0.15, -0.1) is 0 Å². The molecule has 1 aliphatic carbocycles. The smallest absolute Gasteiger partial charge is 0.345 e. The molecule has 1 aliphatic rings. The SMILES string of the molecule is Cn1ncc2c1CCCC2NC(=O)c1cc(I)cc(C(F)(F)F)c1. The Kier molecular flexibility index (Phi) is 4.58. The molecule has 24 heavy (non-hydrogen) atoms. The number of hydrogen-bond donors (Lipinski definition) is 1. The molecule has 1 heterocycles. The fourth-order valence-corrected chi connectivity index (χ4v) is 3.65. The van der Waals surface area contributed by atoms with Crippen molar-refractivity contribution in [3.8, 4) is 0 Å². The van der Waals surface area contributed by atoms with Gasteiger partial charge in [0.15, 0.2) is 0 Å². The van der Waals surface area contributed by atoms with E-state index in [0.29, 0.717) is 3.57 Å². The molecule has 1 amide bonds. The van der Waals surface area contributed by atoms with Crippen LogP contribution >= 0.6 is 22.6 Å². The number of alkyl halides is 3. The van der Waals surface area contributed by atoms with Gasteiger partial charge < -0.3 is 5.32 Å². The van der Waals surface area contributed by atoms with Crippen LogP contribution in [0.2, 0.25) is 0 Å². The number of rotatable bonds is 2. The summed E-state index contributed by atoms with van der Waals surface area (Å²) in [6, 6.07) is 3.15. The summed E-state index contributed by atoms with van der Waals surface area (Å²) < 4.78 is 40.9. The Morgan fingerprint density at radius 1 is 1.38 bits per heavy atom. The van der Waals surface area contributed by atoms with Crippen molar-refractivity contribution in [1.29, 1.82) is 0 Å². The molecule has 4 nitrogen and oxygen atoms in total. The van der Waals surface area contributed by atoms with Crippen LogP contribution < -0.4 is 5.32 Å². The van der Waals surface area contributed by atoms with Gasteiger partial charge in [-0.05, 0) is 60.1 Å². The molecule has 0 spiro atoms. The van der Waals surface area contributed by atoms with Gasteiger partial charge in [0.05, 0.1) is 17.8 Å². The lowest BCUT2D eigenvalue weighted by Gasteiger charge is -2.24. The summed E-state index contributed by atoms with van der Waals surface area (Å²) in [5.41, 5.74) is 1.21. The number of benzene rings is 1. The standard InChI is InChI=1S/C16H15F3IN3O/c1-23-14-4-2-3-13(12(14)8-21-23)22-15(24)9-5-10(16(17,18)19)7-11(20)6-9/h5-8,13H,2-4H2,1H3,(H,22,24). The molecular weight excluding hydrogens is 434 g/mol. The van der Waals surface area contributed by atoms with Crippen molar-refractivity contribution in [3.05, 3.63) is 50.4 Å². The highest BCUT2D eigenvalue weighted by Crippen LogP contribution is 2.32. The minimum Gasteiger partial charge on any atom is -0.345 e. The third-order valence-electron chi connectivity index (χ3n) is 4.17. The van der Waals surface area contributed by atoms with Crippen LogP contribution in [0.5, 0.6) is 0 Å². The Morgan fingerprint density at radius 3 is 2.83 bits per heavy atom. The van der Waals surface area contributed by atoms with Crippen molar-refractivity contribution in [2.24, 2.45) is 7.05 Å². The molecule has 1 atom stereocenters. The zero-order valence-corrected chi connectivity index (χ0v) is 15.0. The lowest BCUT2D eigenvalue weighted by Crippen LogP contribution is -2.31. The third-order valence-corrected chi connectivity index (χ3v) is 4.79. The van der Waals surface area contributed by atoms with E-state index in [1.165, 1.54) is 6.07 Å². The van der Waals surface area contributed by atoms with Gasteiger partial charge in [-0.2, -0.15) is 18.3 Å². The van der Waals surface area contributed by atoms with Crippen LogP contribution in [0.25, 0.3) is 0 Å². The summed E-state index contributed by atoms with van der Waals surface area (Å²) in [5, 5.41) is 7.05.